The van der Waals surface area contributed by atoms with Gasteiger partial charge in [0.1, 0.15) is 17.6 Å². The van der Waals surface area contributed by atoms with Crippen molar-refractivity contribution in [3.8, 4) is 22.9 Å². The Morgan fingerprint density at radius 1 is 1.31 bits per heavy atom. The molecule has 0 aromatic carbocycles. The molecule has 3 aliphatic rings. The molecule has 184 valence electrons. The number of carboxylic acids is 1. The Labute approximate surface area is 198 Å². The van der Waals surface area contributed by atoms with Crippen LogP contribution < -0.4 is 15.4 Å². The predicted octanol–water partition coefficient (Wildman–Crippen LogP) is 3.08. The van der Waals surface area contributed by atoms with E-state index in [0.29, 0.717) is 35.8 Å². The van der Waals surface area contributed by atoms with Gasteiger partial charge in [0.25, 0.3) is 0 Å². The second-order valence-electron chi connectivity index (χ2n) is 8.43. The number of halogens is 3. The maximum Gasteiger partial charge on any atom is 0.490 e. The number of aromatic nitrogens is 3. The predicted molar refractivity (Wildman–Crippen MR) is 120 cm³/mol. The molecule has 2 bridgehead atoms. The molecule has 0 amide bonds. The Balaban J connectivity index is 0.000000364. The second-order valence-corrected chi connectivity index (χ2v) is 8.43. The highest BCUT2D eigenvalue weighted by Crippen LogP contribution is 2.40. The molecule has 2 atom stereocenters. The third-order valence-electron chi connectivity index (χ3n) is 6.25. The van der Waals surface area contributed by atoms with Crippen molar-refractivity contribution >= 4 is 17.3 Å². The van der Waals surface area contributed by atoms with E-state index < -0.39 is 12.1 Å². The lowest BCUT2D eigenvalue weighted by atomic mass is 9.67. The fourth-order valence-corrected chi connectivity index (χ4v) is 4.49. The summed E-state index contributed by atoms with van der Waals surface area (Å²) in [5, 5.41) is 20.9. The topological polar surface area (TPSA) is 130 Å². The number of piperidine rings is 2. The van der Waals surface area contributed by atoms with E-state index in [1.165, 1.54) is 6.42 Å². The zero-order valence-electron chi connectivity index (χ0n) is 18.7. The van der Waals surface area contributed by atoms with Crippen molar-refractivity contribution < 1.29 is 27.8 Å². The van der Waals surface area contributed by atoms with Gasteiger partial charge in [-0.2, -0.15) is 23.5 Å². The van der Waals surface area contributed by atoms with E-state index in [-0.39, 0.29) is 0 Å². The first kappa shape index (κ1) is 24.3. The summed E-state index contributed by atoms with van der Waals surface area (Å²) in [5.41, 5.74) is 9.31. The first-order chi connectivity index (χ1) is 16.6. The fourth-order valence-electron chi connectivity index (χ4n) is 4.49. The summed E-state index contributed by atoms with van der Waals surface area (Å²) in [6.45, 7) is 4.47. The van der Waals surface area contributed by atoms with Gasteiger partial charge >= 0.3 is 12.1 Å². The van der Waals surface area contributed by atoms with Crippen molar-refractivity contribution in [2.75, 3.05) is 24.6 Å². The molecule has 0 spiro atoms. The van der Waals surface area contributed by atoms with Crippen LogP contribution in [0.2, 0.25) is 0 Å². The van der Waals surface area contributed by atoms with E-state index in [4.69, 9.17) is 25.4 Å². The van der Waals surface area contributed by atoms with Gasteiger partial charge in [-0.1, -0.05) is 0 Å². The number of aliphatic carboxylic acids is 1. The summed E-state index contributed by atoms with van der Waals surface area (Å²) in [4.78, 5) is 15.9. The molecule has 9 nitrogen and oxygen atoms in total. The van der Waals surface area contributed by atoms with Gasteiger partial charge in [-0.05, 0) is 43.4 Å². The van der Waals surface area contributed by atoms with E-state index in [1.54, 1.807) is 16.9 Å². The molecule has 12 heteroatoms. The maximum atomic E-state index is 10.6. The largest absolute Gasteiger partial charge is 0.492 e. The quantitative estimate of drug-likeness (QED) is 0.573. The van der Waals surface area contributed by atoms with Crippen LogP contribution in [0.15, 0.2) is 36.8 Å². The van der Waals surface area contributed by atoms with Crippen LogP contribution in [0.3, 0.4) is 0 Å². The van der Waals surface area contributed by atoms with E-state index in [2.05, 4.69) is 28.2 Å². The summed E-state index contributed by atoms with van der Waals surface area (Å²) in [6, 6.07) is 8.64. The Bertz CT molecular complexity index is 1260. The minimum atomic E-state index is -5.08. The van der Waals surface area contributed by atoms with Crippen molar-refractivity contribution in [1.82, 2.24) is 14.6 Å². The van der Waals surface area contributed by atoms with Crippen molar-refractivity contribution in [3.05, 3.63) is 42.4 Å². The number of nitrogens with zero attached hydrogens (tertiary/aromatic N) is 5. The van der Waals surface area contributed by atoms with Gasteiger partial charge < -0.3 is 20.5 Å². The minimum Gasteiger partial charge on any atom is -0.492 e. The number of nitriles is 1. The third kappa shape index (κ3) is 4.85. The van der Waals surface area contributed by atoms with Gasteiger partial charge in [0.15, 0.2) is 0 Å². The Morgan fingerprint density at radius 2 is 2.00 bits per heavy atom. The van der Waals surface area contributed by atoms with E-state index in [0.717, 1.165) is 35.6 Å². The van der Waals surface area contributed by atoms with Gasteiger partial charge in [0.2, 0.25) is 0 Å². The van der Waals surface area contributed by atoms with Gasteiger partial charge in [-0.25, -0.2) is 14.3 Å². The maximum absolute atomic E-state index is 10.6. The van der Waals surface area contributed by atoms with Crippen molar-refractivity contribution in [1.29, 1.82) is 5.26 Å². The standard InChI is InChI=1S/C21H22N6O.C2HF3O2/c1-2-28-17-6-18(21-16(7-22)9-25-27(21)12-17)13-3-4-19(24-8-13)26-10-14-5-15(11-26)20(14)23;3-2(4,5)1(6)7/h3-4,6,8-9,12,14-15,20H,2,5,10-11,23H2,1H3;(H,6,7). The lowest BCUT2D eigenvalue weighted by molar-refractivity contribution is -0.192. The van der Waals surface area contributed by atoms with Crippen molar-refractivity contribution in [2.45, 2.75) is 25.6 Å². The average Bonchev–Trinajstić information content (AvgIpc) is 3.26. The highest BCUT2D eigenvalue weighted by Gasteiger charge is 2.44. The molecule has 2 unspecified atom stereocenters. The van der Waals surface area contributed by atoms with E-state index in [1.807, 2.05) is 19.2 Å². The molecule has 2 aliphatic heterocycles. The number of rotatable bonds is 4. The number of ether oxygens (including phenoxy) is 1. The molecule has 2 saturated heterocycles. The van der Waals surface area contributed by atoms with Crippen LogP contribution in [0.25, 0.3) is 16.6 Å². The Morgan fingerprint density at radius 3 is 2.51 bits per heavy atom. The number of carboxylic acid groups (broad SMARTS) is 1. The molecule has 1 saturated carbocycles. The number of pyridine rings is 2. The van der Waals surface area contributed by atoms with Gasteiger partial charge in [-0.3, -0.25) is 0 Å². The first-order valence-electron chi connectivity index (χ1n) is 10.9. The molecule has 1 aliphatic carbocycles. The molecule has 35 heavy (non-hydrogen) atoms. The number of alkyl halides is 3. The Kier molecular flexibility index (Phi) is 6.53. The van der Waals surface area contributed by atoms with E-state index in [9.17, 15) is 18.4 Å². The van der Waals surface area contributed by atoms with Crippen molar-refractivity contribution in [2.24, 2.45) is 17.6 Å². The number of hydrogen-bond acceptors (Lipinski definition) is 7. The third-order valence-corrected chi connectivity index (χ3v) is 6.25. The molecule has 3 fully saturated rings. The lowest BCUT2D eigenvalue weighted by Crippen LogP contribution is -2.62. The number of anilines is 1. The van der Waals surface area contributed by atoms with Crippen LogP contribution in [0.5, 0.6) is 5.75 Å². The summed E-state index contributed by atoms with van der Waals surface area (Å²) in [6.07, 6.45) is 1.42. The first-order valence-corrected chi connectivity index (χ1v) is 10.9. The number of nitrogens with two attached hydrogens (primary N) is 1. The molecular formula is C23H23F3N6O3. The molecule has 5 heterocycles. The zero-order valence-corrected chi connectivity index (χ0v) is 18.7. The summed E-state index contributed by atoms with van der Waals surface area (Å²) in [5.74, 6) is 0.121. The SMILES string of the molecule is CCOc1cc(-c2ccc(N3CC4CC(C3)C4N)nc2)c2c(C#N)cnn2c1.O=C(O)C(F)(F)F. The van der Waals surface area contributed by atoms with Crippen LogP contribution in [0, 0.1) is 23.2 Å². The van der Waals surface area contributed by atoms with Gasteiger partial charge in [-0.15, -0.1) is 0 Å². The van der Waals surface area contributed by atoms with Gasteiger partial charge in [0, 0.05) is 36.5 Å². The molecule has 6 rings (SSSR count). The highest BCUT2D eigenvalue weighted by molar-refractivity contribution is 5.85. The average molecular weight is 488 g/mol. The summed E-state index contributed by atoms with van der Waals surface area (Å²) >= 11 is 0. The lowest BCUT2D eigenvalue weighted by Gasteiger charge is -2.52. The van der Waals surface area contributed by atoms with Crippen LogP contribution in [-0.2, 0) is 4.79 Å². The second kappa shape index (κ2) is 9.42. The smallest absolute Gasteiger partial charge is 0.490 e. The molecule has 0 radical (unpaired) electrons. The minimum absolute atomic E-state index is 0.358. The normalized spacial score (nSPS) is 20.9. The van der Waals surface area contributed by atoms with Crippen LogP contribution in [0.4, 0.5) is 19.0 Å². The number of carbonyl (C=O) groups is 1. The van der Waals surface area contributed by atoms with Crippen LogP contribution in [0.1, 0.15) is 18.9 Å². The summed E-state index contributed by atoms with van der Waals surface area (Å²) in [7, 11) is 0. The zero-order chi connectivity index (χ0) is 25.3. The van der Waals surface area contributed by atoms with Gasteiger partial charge in [0.05, 0.1) is 30.1 Å². The summed E-state index contributed by atoms with van der Waals surface area (Å²) < 4.78 is 39.1. The van der Waals surface area contributed by atoms with E-state index >= 15 is 0 Å². The fraction of sp³-hybridized carbons (Fsp3) is 0.391. The van der Waals surface area contributed by atoms with Crippen LogP contribution in [-0.4, -0.2) is 57.6 Å². The molecule has 3 aromatic heterocycles. The Hall–Kier alpha value is -3.85. The molecular weight excluding hydrogens is 465 g/mol. The highest BCUT2D eigenvalue weighted by atomic mass is 19.4. The van der Waals surface area contributed by atoms with Crippen molar-refractivity contribution in [3.63, 3.8) is 0 Å². The number of hydrogen-bond donors (Lipinski definition) is 2. The molecule has 3 N–H and O–H groups in total. The monoisotopic (exact) mass is 488 g/mol. The number of fused-ring (bicyclic) bond motifs is 3. The molecule has 3 aromatic rings. The van der Waals surface area contributed by atoms with Crippen LogP contribution >= 0.6 is 0 Å².